The van der Waals surface area contributed by atoms with E-state index in [4.69, 9.17) is 0 Å². The fraction of sp³-hybridized carbons (Fsp3) is 0.652. The summed E-state index contributed by atoms with van der Waals surface area (Å²) in [7, 11) is 0. The van der Waals surface area contributed by atoms with Gasteiger partial charge in [-0.25, -0.2) is 10.4 Å². The van der Waals surface area contributed by atoms with Gasteiger partial charge in [0.25, 0.3) is 0 Å². The van der Waals surface area contributed by atoms with Crippen molar-refractivity contribution in [1.29, 1.82) is 0 Å². The van der Waals surface area contributed by atoms with Gasteiger partial charge < -0.3 is 14.4 Å². The predicted molar refractivity (Wildman–Crippen MR) is 118 cm³/mol. The highest BCUT2D eigenvalue weighted by molar-refractivity contribution is 5.82. The normalized spacial score (nSPS) is 29.6. The summed E-state index contributed by atoms with van der Waals surface area (Å²) >= 11 is 0. The number of nitrogens with one attached hydrogen (secondary N) is 2. The number of carbonyl (C=O) groups is 1. The molecule has 2 N–H and O–H groups in total. The number of aryl methyl sites for hydroxylation is 2. The monoisotopic (exact) mass is 410 g/mol. The van der Waals surface area contributed by atoms with Gasteiger partial charge in [0.2, 0.25) is 5.91 Å². The third-order valence-corrected chi connectivity index (χ3v) is 7.65. The Morgan fingerprint density at radius 2 is 1.97 bits per heavy atom. The molecule has 3 fully saturated rings. The Kier molecular flexibility index (Phi) is 5.08. The van der Waals surface area contributed by atoms with Gasteiger partial charge in [0.05, 0.1) is 17.4 Å². The van der Waals surface area contributed by atoms with Crippen LogP contribution in [0.15, 0.2) is 18.5 Å². The van der Waals surface area contributed by atoms with E-state index >= 15 is 0 Å². The number of benzene rings is 1. The smallest absolute Gasteiger partial charge is 0.241 e. The summed E-state index contributed by atoms with van der Waals surface area (Å²) in [6, 6.07) is 4.46. The minimum Gasteiger partial charge on any atom is -0.341 e. The summed E-state index contributed by atoms with van der Waals surface area (Å²) < 4.78 is 2.21. The van der Waals surface area contributed by atoms with Crippen molar-refractivity contribution in [2.75, 3.05) is 32.7 Å². The molecule has 2 aromatic rings. The summed E-state index contributed by atoms with van der Waals surface area (Å²) in [4.78, 5) is 22.4. The van der Waals surface area contributed by atoms with Crippen molar-refractivity contribution in [2.24, 2.45) is 5.41 Å². The molecule has 0 bridgehead atoms. The molecule has 7 heteroatoms. The van der Waals surface area contributed by atoms with Gasteiger partial charge in [-0.15, -0.1) is 0 Å². The maximum atomic E-state index is 13.2. The zero-order chi connectivity index (χ0) is 20.9. The number of aromatic nitrogens is 2. The van der Waals surface area contributed by atoms with Crippen LogP contribution in [0.2, 0.25) is 0 Å². The zero-order valence-corrected chi connectivity index (χ0v) is 18.4. The molecule has 4 heterocycles. The lowest BCUT2D eigenvalue weighted by molar-refractivity contribution is -0.132. The Bertz CT molecular complexity index is 955. The van der Waals surface area contributed by atoms with E-state index in [-0.39, 0.29) is 18.0 Å². The fourth-order valence-corrected chi connectivity index (χ4v) is 5.57. The van der Waals surface area contributed by atoms with E-state index in [1.807, 2.05) is 6.33 Å². The lowest BCUT2D eigenvalue weighted by atomic mass is 9.86. The molecule has 0 radical (unpaired) electrons. The highest BCUT2D eigenvalue weighted by Gasteiger charge is 2.45. The summed E-state index contributed by atoms with van der Waals surface area (Å²) in [5.41, 5.74) is 11.7. The lowest BCUT2D eigenvalue weighted by Gasteiger charge is -2.25. The van der Waals surface area contributed by atoms with Gasteiger partial charge in [-0.05, 0) is 69.5 Å². The number of hydrogen-bond donors (Lipinski definition) is 2. The molecule has 3 aliphatic rings. The van der Waals surface area contributed by atoms with Crippen molar-refractivity contribution in [3.05, 3.63) is 29.6 Å². The summed E-state index contributed by atoms with van der Waals surface area (Å²) in [5.74, 6) is 0.263. The SMILES string of the molecule is CCN1CCC2(CCN(C(=O)C3CC(Cn4cnc5cc(C)c(C)cc54)NN3)C2)C1. The molecular weight excluding hydrogens is 376 g/mol. The molecular formula is C23H34N6O. The van der Waals surface area contributed by atoms with Gasteiger partial charge in [0.15, 0.2) is 0 Å². The average molecular weight is 411 g/mol. The number of likely N-dealkylation sites (tertiary alicyclic amines) is 2. The van der Waals surface area contributed by atoms with Crippen LogP contribution < -0.4 is 10.9 Å². The quantitative estimate of drug-likeness (QED) is 0.805. The largest absolute Gasteiger partial charge is 0.341 e. The lowest BCUT2D eigenvalue weighted by Crippen LogP contribution is -2.45. The summed E-state index contributed by atoms with van der Waals surface area (Å²) in [6.45, 7) is 12.6. The molecule has 162 valence electrons. The van der Waals surface area contributed by atoms with E-state index in [1.54, 1.807) is 0 Å². The number of carbonyl (C=O) groups excluding carboxylic acids is 1. The highest BCUT2D eigenvalue weighted by atomic mass is 16.2. The first-order valence-electron chi connectivity index (χ1n) is 11.4. The molecule has 7 nitrogen and oxygen atoms in total. The summed E-state index contributed by atoms with van der Waals surface area (Å²) in [6.07, 6.45) is 5.12. The Balaban J connectivity index is 1.20. The first-order valence-corrected chi connectivity index (χ1v) is 11.4. The minimum atomic E-state index is -0.132. The second-order valence-electron chi connectivity index (χ2n) is 9.72. The number of imidazole rings is 1. The van der Waals surface area contributed by atoms with Crippen molar-refractivity contribution in [3.63, 3.8) is 0 Å². The van der Waals surface area contributed by atoms with Gasteiger partial charge in [0, 0.05) is 37.6 Å². The van der Waals surface area contributed by atoms with Crippen LogP contribution in [0.5, 0.6) is 0 Å². The summed E-state index contributed by atoms with van der Waals surface area (Å²) in [5, 5.41) is 0. The predicted octanol–water partition coefficient (Wildman–Crippen LogP) is 1.83. The molecule has 3 atom stereocenters. The van der Waals surface area contributed by atoms with Crippen LogP contribution in [-0.2, 0) is 11.3 Å². The van der Waals surface area contributed by atoms with Crippen molar-refractivity contribution in [2.45, 2.75) is 58.7 Å². The first-order chi connectivity index (χ1) is 14.5. The van der Waals surface area contributed by atoms with Crippen LogP contribution in [0.1, 0.15) is 37.3 Å². The average Bonchev–Trinajstić information content (AvgIpc) is 3.52. The topological polar surface area (TPSA) is 65.4 Å². The molecule has 1 amide bonds. The van der Waals surface area contributed by atoms with Gasteiger partial charge in [0.1, 0.15) is 6.04 Å². The number of nitrogens with zero attached hydrogens (tertiary/aromatic N) is 4. The van der Waals surface area contributed by atoms with E-state index in [9.17, 15) is 4.79 Å². The maximum absolute atomic E-state index is 13.2. The number of fused-ring (bicyclic) bond motifs is 1. The molecule has 1 aromatic carbocycles. The first kappa shape index (κ1) is 20.0. The number of hydrazine groups is 1. The molecule has 3 unspecified atom stereocenters. The zero-order valence-electron chi connectivity index (χ0n) is 18.4. The Morgan fingerprint density at radius 3 is 2.77 bits per heavy atom. The molecule has 0 aliphatic carbocycles. The molecule has 5 rings (SSSR count). The van der Waals surface area contributed by atoms with Crippen LogP contribution >= 0.6 is 0 Å². The van der Waals surface area contributed by atoms with Crippen molar-refractivity contribution >= 4 is 16.9 Å². The molecule has 3 aliphatic heterocycles. The molecule has 1 aromatic heterocycles. The van der Waals surface area contributed by atoms with E-state index in [0.29, 0.717) is 5.41 Å². The molecule has 1 spiro atoms. The van der Waals surface area contributed by atoms with Crippen molar-refractivity contribution < 1.29 is 4.79 Å². The second kappa shape index (κ2) is 7.62. The van der Waals surface area contributed by atoms with Crippen LogP contribution in [0.25, 0.3) is 11.0 Å². The Labute approximate surface area is 178 Å². The minimum absolute atomic E-state index is 0.132. The molecule has 3 saturated heterocycles. The second-order valence-corrected chi connectivity index (χ2v) is 9.72. The van der Waals surface area contributed by atoms with Gasteiger partial charge in [-0.1, -0.05) is 6.92 Å². The number of hydrogen-bond acceptors (Lipinski definition) is 5. The van der Waals surface area contributed by atoms with E-state index in [1.165, 1.54) is 24.1 Å². The standard InChI is InChI=1S/C23H34N6O/c1-4-27-7-5-23(13-27)6-8-28(14-23)22(30)20-11-18(25-26-20)12-29-15-24-19-9-16(2)17(3)10-21(19)29/h9-10,15,18,20,25-26H,4-8,11-14H2,1-3H3. The van der Waals surface area contributed by atoms with E-state index < -0.39 is 0 Å². The van der Waals surface area contributed by atoms with Crippen LogP contribution in [0, 0.1) is 19.3 Å². The van der Waals surface area contributed by atoms with E-state index in [0.717, 1.165) is 56.6 Å². The third kappa shape index (κ3) is 3.53. The Morgan fingerprint density at radius 1 is 1.17 bits per heavy atom. The maximum Gasteiger partial charge on any atom is 0.241 e. The number of rotatable bonds is 4. The van der Waals surface area contributed by atoms with Crippen LogP contribution in [0.4, 0.5) is 0 Å². The third-order valence-electron chi connectivity index (χ3n) is 7.65. The Hall–Kier alpha value is -1.96. The van der Waals surface area contributed by atoms with Crippen LogP contribution in [-0.4, -0.2) is 70.1 Å². The molecule has 0 saturated carbocycles. The van der Waals surface area contributed by atoms with Crippen molar-refractivity contribution in [3.8, 4) is 0 Å². The van der Waals surface area contributed by atoms with Crippen molar-refractivity contribution in [1.82, 2.24) is 30.2 Å². The number of amides is 1. The van der Waals surface area contributed by atoms with Gasteiger partial charge >= 0.3 is 0 Å². The molecule has 30 heavy (non-hydrogen) atoms. The van der Waals surface area contributed by atoms with Gasteiger partial charge in [-0.3, -0.25) is 10.2 Å². The fourth-order valence-electron chi connectivity index (χ4n) is 5.57. The van der Waals surface area contributed by atoms with Gasteiger partial charge in [-0.2, -0.15) is 0 Å². The highest BCUT2D eigenvalue weighted by Crippen LogP contribution is 2.39. The van der Waals surface area contributed by atoms with E-state index in [2.05, 4.69) is 63.1 Å². The van der Waals surface area contributed by atoms with Crippen LogP contribution in [0.3, 0.4) is 0 Å².